The highest BCUT2D eigenvalue weighted by Crippen LogP contribution is 2.29. The fraction of sp³-hybridized carbons (Fsp3) is 0.950. The average Bonchev–Trinajstić information content (AvgIpc) is 3.21. The molecule has 0 N–H and O–H groups in total. The molecule has 2 heterocycles. The van der Waals surface area contributed by atoms with E-state index in [1.165, 1.54) is 4.31 Å². The van der Waals surface area contributed by atoms with E-state index in [1.54, 1.807) is 18.4 Å². The molecule has 1 atom stereocenters. The van der Waals surface area contributed by atoms with Gasteiger partial charge in [-0.15, -0.1) is 0 Å². The smallest absolute Gasteiger partial charge is 0.308 e. The molecule has 0 aromatic heterocycles. The van der Waals surface area contributed by atoms with E-state index >= 15 is 0 Å². The molecule has 1 saturated carbocycles. The van der Waals surface area contributed by atoms with Gasteiger partial charge in [-0.2, -0.15) is 17.0 Å². The predicted molar refractivity (Wildman–Crippen MR) is 114 cm³/mol. The van der Waals surface area contributed by atoms with Gasteiger partial charge in [0.2, 0.25) is 0 Å². The monoisotopic (exact) mass is 446 g/mol. The van der Waals surface area contributed by atoms with Crippen LogP contribution in [0.3, 0.4) is 0 Å². The fourth-order valence-electron chi connectivity index (χ4n) is 4.73. The largest absolute Gasteiger partial charge is 0.466 e. The first-order valence-electron chi connectivity index (χ1n) is 11.3. The summed E-state index contributed by atoms with van der Waals surface area (Å²) in [6.45, 7) is 6.46. The van der Waals surface area contributed by atoms with Crippen molar-refractivity contribution in [1.29, 1.82) is 0 Å². The molecule has 0 aromatic carbocycles. The fourth-order valence-corrected chi connectivity index (χ4v) is 5.82. The lowest BCUT2D eigenvalue weighted by atomic mass is 9.87. The lowest BCUT2D eigenvalue weighted by Gasteiger charge is -2.42. The summed E-state index contributed by atoms with van der Waals surface area (Å²) >= 11 is 0. The molecule has 10 heteroatoms. The highest BCUT2D eigenvalue weighted by Gasteiger charge is 2.35. The van der Waals surface area contributed by atoms with E-state index in [0.717, 1.165) is 45.1 Å². The van der Waals surface area contributed by atoms with Gasteiger partial charge in [-0.05, 0) is 45.4 Å². The van der Waals surface area contributed by atoms with Crippen LogP contribution in [0.1, 0.15) is 45.4 Å². The summed E-state index contributed by atoms with van der Waals surface area (Å²) in [4.78, 5) is 11.9. The number of hydrogen-bond donors (Lipinski definition) is 0. The zero-order valence-corrected chi connectivity index (χ0v) is 19.5. The molecule has 2 aliphatic heterocycles. The summed E-state index contributed by atoms with van der Waals surface area (Å²) in [5.74, 6) is -0.0316. The van der Waals surface area contributed by atoms with Gasteiger partial charge in [0, 0.05) is 52.9 Å². The molecule has 0 aromatic rings. The minimum absolute atomic E-state index is 0.0301. The number of carbonyl (C=O) groups excluding carboxylic acids is 1. The van der Waals surface area contributed by atoms with Crippen molar-refractivity contribution in [2.75, 3.05) is 60.0 Å². The molecule has 3 fully saturated rings. The minimum atomic E-state index is -3.34. The number of hydrazine groups is 1. The van der Waals surface area contributed by atoms with Crippen LogP contribution < -0.4 is 0 Å². The molecule has 30 heavy (non-hydrogen) atoms. The Hall–Kier alpha value is -0.780. The second kappa shape index (κ2) is 10.7. The lowest BCUT2D eigenvalue weighted by Crippen LogP contribution is -2.58. The van der Waals surface area contributed by atoms with Crippen molar-refractivity contribution in [1.82, 2.24) is 18.6 Å². The van der Waals surface area contributed by atoms with Crippen LogP contribution in [0.5, 0.6) is 0 Å². The third kappa shape index (κ3) is 5.72. The van der Waals surface area contributed by atoms with Crippen LogP contribution in [0.4, 0.5) is 0 Å². The molecule has 0 spiro atoms. The highest BCUT2D eigenvalue weighted by molar-refractivity contribution is 7.86. The molecule has 0 amide bonds. The first-order valence-corrected chi connectivity index (χ1v) is 12.7. The van der Waals surface area contributed by atoms with Crippen molar-refractivity contribution in [2.45, 2.75) is 57.6 Å². The Labute approximate surface area is 181 Å². The van der Waals surface area contributed by atoms with Crippen LogP contribution in [-0.2, 0) is 24.5 Å². The van der Waals surface area contributed by atoms with Gasteiger partial charge in [0.15, 0.2) is 0 Å². The van der Waals surface area contributed by atoms with Crippen molar-refractivity contribution in [3.8, 4) is 0 Å². The molecular weight excluding hydrogens is 408 g/mol. The van der Waals surface area contributed by atoms with Gasteiger partial charge in [-0.1, -0.05) is 0 Å². The van der Waals surface area contributed by atoms with Gasteiger partial charge in [0.25, 0.3) is 10.2 Å². The molecule has 0 unspecified atom stereocenters. The SMILES string of the molecule is CCOC(=O)C1CCC(OC[C@@H]2CCCN2N2CCN(S(=O)(=O)N(C)C)CC2)CC1. The Balaban J connectivity index is 1.42. The van der Waals surface area contributed by atoms with Crippen molar-refractivity contribution >= 4 is 16.2 Å². The van der Waals surface area contributed by atoms with E-state index in [0.29, 0.717) is 45.4 Å². The van der Waals surface area contributed by atoms with Crippen molar-refractivity contribution in [2.24, 2.45) is 5.92 Å². The molecule has 3 aliphatic rings. The Morgan fingerprint density at radius 1 is 1.00 bits per heavy atom. The summed E-state index contributed by atoms with van der Waals surface area (Å²) in [5.41, 5.74) is 0. The number of hydrogen-bond acceptors (Lipinski definition) is 7. The van der Waals surface area contributed by atoms with E-state index in [4.69, 9.17) is 9.47 Å². The third-order valence-corrected chi connectivity index (χ3v) is 8.47. The molecule has 2 saturated heterocycles. The Morgan fingerprint density at radius 3 is 2.27 bits per heavy atom. The van der Waals surface area contributed by atoms with Crippen LogP contribution in [-0.4, -0.2) is 105 Å². The second-order valence-corrected chi connectivity index (χ2v) is 10.8. The summed E-state index contributed by atoms with van der Waals surface area (Å²) in [6, 6.07) is 0.352. The van der Waals surface area contributed by atoms with Gasteiger partial charge in [-0.25, -0.2) is 10.0 Å². The average molecular weight is 447 g/mol. The number of nitrogens with zero attached hydrogens (tertiary/aromatic N) is 4. The zero-order valence-electron chi connectivity index (χ0n) is 18.7. The van der Waals surface area contributed by atoms with Crippen LogP contribution in [0.25, 0.3) is 0 Å². The standard InChI is InChI=1S/C20H38N4O5S/c1-4-28-20(25)17-7-9-19(10-8-17)29-16-18-6-5-11-24(18)22-12-14-23(15-13-22)30(26,27)21(2)3/h17-19H,4-16H2,1-3H3/t17?,18-,19?/m0/s1. The number of carbonyl (C=O) groups is 1. The van der Waals surface area contributed by atoms with E-state index in [-0.39, 0.29) is 18.0 Å². The second-order valence-electron chi connectivity index (χ2n) is 8.66. The van der Waals surface area contributed by atoms with E-state index < -0.39 is 10.2 Å². The molecule has 174 valence electrons. The molecule has 0 radical (unpaired) electrons. The van der Waals surface area contributed by atoms with Crippen molar-refractivity contribution in [3.05, 3.63) is 0 Å². The quantitative estimate of drug-likeness (QED) is 0.513. The number of ether oxygens (including phenoxy) is 2. The van der Waals surface area contributed by atoms with Gasteiger partial charge in [0.05, 0.1) is 25.2 Å². The Bertz CT molecular complexity index is 658. The highest BCUT2D eigenvalue weighted by atomic mass is 32.2. The molecular formula is C20H38N4O5S. The van der Waals surface area contributed by atoms with E-state index in [9.17, 15) is 13.2 Å². The summed E-state index contributed by atoms with van der Waals surface area (Å²) in [6.07, 6.45) is 5.99. The number of rotatable bonds is 8. The maximum atomic E-state index is 12.3. The van der Waals surface area contributed by atoms with Gasteiger partial charge in [0.1, 0.15) is 0 Å². The lowest BCUT2D eigenvalue weighted by molar-refractivity contribution is -0.150. The molecule has 1 aliphatic carbocycles. The van der Waals surface area contributed by atoms with Gasteiger partial charge < -0.3 is 9.47 Å². The van der Waals surface area contributed by atoms with Crippen molar-refractivity contribution < 1.29 is 22.7 Å². The minimum Gasteiger partial charge on any atom is -0.466 e. The topological polar surface area (TPSA) is 82.6 Å². The molecule has 9 nitrogen and oxygen atoms in total. The molecule has 3 rings (SSSR count). The normalized spacial score (nSPS) is 30.1. The Morgan fingerprint density at radius 2 is 1.67 bits per heavy atom. The van der Waals surface area contributed by atoms with Gasteiger partial charge >= 0.3 is 5.97 Å². The first-order chi connectivity index (χ1) is 14.3. The van der Waals surface area contributed by atoms with E-state index in [2.05, 4.69) is 10.0 Å². The number of esters is 1. The van der Waals surface area contributed by atoms with Crippen LogP contribution in [0.2, 0.25) is 0 Å². The van der Waals surface area contributed by atoms with Crippen LogP contribution in [0, 0.1) is 5.92 Å². The van der Waals surface area contributed by atoms with Gasteiger partial charge in [-0.3, -0.25) is 4.79 Å². The van der Waals surface area contributed by atoms with Crippen LogP contribution in [0.15, 0.2) is 0 Å². The van der Waals surface area contributed by atoms with Crippen molar-refractivity contribution in [3.63, 3.8) is 0 Å². The maximum absolute atomic E-state index is 12.3. The summed E-state index contributed by atoms with van der Waals surface area (Å²) in [7, 11) is -0.178. The van der Waals surface area contributed by atoms with Crippen LogP contribution >= 0.6 is 0 Å². The Kier molecular flexibility index (Phi) is 8.51. The summed E-state index contributed by atoms with van der Waals surface area (Å²) < 4.78 is 38.9. The predicted octanol–water partition coefficient (Wildman–Crippen LogP) is 0.928. The maximum Gasteiger partial charge on any atom is 0.308 e. The van der Waals surface area contributed by atoms with E-state index in [1.807, 2.05) is 6.92 Å². The summed E-state index contributed by atoms with van der Waals surface area (Å²) in [5, 5.41) is 4.70. The number of piperazine rings is 1. The molecule has 0 bridgehead atoms. The third-order valence-electron chi connectivity index (χ3n) is 6.53. The first kappa shape index (κ1) is 23.9. The zero-order chi connectivity index (χ0) is 21.7.